The van der Waals surface area contributed by atoms with Gasteiger partial charge in [-0.3, -0.25) is 4.68 Å². The van der Waals surface area contributed by atoms with Crippen molar-refractivity contribution in [3.8, 4) is 0 Å². The lowest BCUT2D eigenvalue weighted by Crippen LogP contribution is -2.23. The van der Waals surface area contributed by atoms with E-state index < -0.39 is 0 Å². The maximum atomic E-state index is 4.16. The van der Waals surface area contributed by atoms with Gasteiger partial charge >= 0.3 is 0 Å². The highest BCUT2D eigenvalue weighted by molar-refractivity contribution is 14.1. The van der Waals surface area contributed by atoms with E-state index in [9.17, 15) is 0 Å². The second kappa shape index (κ2) is 6.29. The van der Waals surface area contributed by atoms with Gasteiger partial charge in [0.25, 0.3) is 0 Å². The Hall–Kier alpha value is -0.950. The molecule has 0 aliphatic rings. The summed E-state index contributed by atoms with van der Waals surface area (Å²) in [6.07, 6.45) is 2.83. The SMILES string of the molecule is CCNC(Cc1cn(C)nn1)c1cccc(I)c1. The number of hydrogen-bond acceptors (Lipinski definition) is 3. The van der Waals surface area contributed by atoms with Crippen LogP contribution in [0.4, 0.5) is 0 Å². The smallest absolute Gasteiger partial charge is 0.0845 e. The van der Waals surface area contributed by atoms with Crippen LogP contribution in [0.2, 0.25) is 0 Å². The molecule has 2 aromatic rings. The highest BCUT2D eigenvalue weighted by Crippen LogP contribution is 2.19. The number of likely N-dealkylation sites (N-methyl/N-ethyl adjacent to an activating group) is 1. The van der Waals surface area contributed by atoms with Crippen LogP contribution in [-0.4, -0.2) is 21.5 Å². The Labute approximate surface area is 121 Å². The minimum atomic E-state index is 0.293. The zero-order valence-electron chi connectivity index (χ0n) is 10.6. The Morgan fingerprint density at radius 1 is 1.44 bits per heavy atom. The molecular weight excluding hydrogens is 339 g/mol. The van der Waals surface area contributed by atoms with Crippen molar-refractivity contribution in [2.45, 2.75) is 19.4 Å². The lowest BCUT2D eigenvalue weighted by Gasteiger charge is -2.17. The normalized spacial score (nSPS) is 12.6. The fraction of sp³-hybridized carbons (Fsp3) is 0.385. The molecule has 1 unspecified atom stereocenters. The average Bonchev–Trinajstić information content (AvgIpc) is 2.74. The van der Waals surface area contributed by atoms with E-state index in [1.54, 1.807) is 4.68 Å². The van der Waals surface area contributed by atoms with E-state index in [0.29, 0.717) is 6.04 Å². The van der Waals surface area contributed by atoms with Crippen LogP contribution in [0, 0.1) is 3.57 Å². The van der Waals surface area contributed by atoms with Crippen molar-refractivity contribution in [2.75, 3.05) is 6.54 Å². The van der Waals surface area contributed by atoms with E-state index in [4.69, 9.17) is 0 Å². The van der Waals surface area contributed by atoms with E-state index in [1.807, 2.05) is 13.2 Å². The summed E-state index contributed by atoms with van der Waals surface area (Å²) in [6, 6.07) is 8.87. The highest BCUT2D eigenvalue weighted by atomic mass is 127. The van der Waals surface area contributed by atoms with Crippen LogP contribution < -0.4 is 5.32 Å². The summed E-state index contributed by atoms with van der Waals surface area (Å²) in [6.45, 7) is 3.06. The predicted octanol–water partition coefficient (Wildman–Crippen LogP) is 2.31. The third-order valence-electron chi connectivity index (χ3n) is 2.76. The first-order valence-corrected chi connectivity index (χ1v) is 7.11. The van der Waals surface area contributed by atoms with E-state index in [-0.39, 0.29) is 0 Å². The van der Waals surface area contributed by atoms with Gasteiger partial charge < -0.3 is 5.32 Å². The molecule has 2 rings (SSSR count). The number of hydrogen-bond donors (Lipinski definition) is 1. The summed E-state index contributed by atoms with van der Waals surface area (Å²) in [5, 5.41) is 11.6. The van der Waals surface area contributed by atoms with Crippen molar-refractivity contribution < 1.29 is 0 Å². The first kappa shape index (κ1) is 13.5. The van der Waals surface area contributed by atoms with Crippen molar-refractivity contribution in [3.05, 3.63) is 45.3 Å². The minimum absolute atomic E-state index is 0.293. The Morgan fingerprint density at radius 2 is 2.28 bits per heavy atom. The highest BCUT2D eigenvalue weighted by Gasteiger charge is 2.13. The van der Waals surface area contributed by atoms with Crippen molar-refractivity contribution >= 4 is 22.6 Å². The summed E-state index contributed by atoms with van der Waals surface area (Å²) in [7, 11) is 1.89. The van der Waals surface area contributed by atoms with E-state index in [2.05, 4.69) is 69.4 Å². The minimum Gasteiger partial charge on any atom is -0.310 e. The van der Waals surface area contributed by atoms with Crippen LogP contribution in [0.1, 0.15) is 24.2 Å². The number of nitrogens with zero attached hydrogens (tertiary/aromatic N) is 3. The van der Waals surface area contributed by atoms with Crippen molar-refractivity contribution in [1.82, 2.24) is 20.3 Å². The third-order valence-corrected chi connectivity index (χ3v) is 3.44. The molecule has 0 bridgehead atoms. The topological polar surface area (TPSA) is 42.7 Å². The van der Waals surface area contributed by atoms with Crippen molar-refractivity contribution in [2.24, 2.45) is 7.05 Å². The van der Waals surface area contributed by atoms with E-state index in [0.717, 1.165) is 18.7 Å². The molecule has 18 heavy (non-hydrogen) atoms. The van der Waals surface area contributed by atoms with Crippen molar-refractivity contribution in [1.29, 1.82) is 0 Å². The Bertz CT molecular complexity index is 509. The molecular formula is C13H17IN4. The Morgan fingerprint density at radius 3 is 2.89 bits per heavy atom. The molecule has 0 aliphatic carbocycles. The number of aromatic nitrogens is 3. The zero-order chi connectivity index (χ0) is 13.0. The number of halogens is 1. The monoisotopic (exact) mass is 356 g/mol. The molecule has 0 saturated heterocycles. The lowest BCUT2D eigenvalue weighted by atomic mass is 10.0. The molecule has 0 spiro atoms. The first-order chi connectivity index (χ1) is 8.69. The first-order valence-electron chi connectivity index (χ1n) is 6.03. The standard InChI is InChI=1S/C13H17IN4/c1-3-15-13(8-12-9-18(2)17-16-12)10-5-4-6-11(14)7-10/h4-7,9,13,15H,3,8H2,1-2H3. The molecule has 1 heterocycles. The molecule has 0 saturated carbocycles. The van der Waals surface area contributed by atoms with Crippen LogP contribution in [0.15, 0.2) is 30.5 Å². The van der Waals surface area contributed by atoms with Crippen LogP contribution in [0.3, 0.4) is 0 Å². The molecule has 0 amide bonds. The van der Waals surface area contributed by atoms with Crippen LogP contribution >= 0.6 is 22.6 Å². The second-order valence-electron chi connectivity index (χ2n) is 4.25. The lowest BCUT2D eigenvalue weighted by molar-refractivity contribution is 0.543. The molecule has 0 fully saturated rings. The number of nitrogens with one attached hydrogen (secondary N) is 1. The summed E-state index contributed by atoms with van der Waals surface area (Å²) in [4.78, 5) is 0. The molecule has 96 valence electrons. The largest absolute Gasteiger partial charge is 0.310 e. The summed E-state index contributed by atoms with van der Waals surface area (Å²) >= 11 is 2.34. The molecule has 0 radical (unpaired) electrons. The predicted molar refractivity (Wildman–Crippen MR) is 80.3 cm³/mol. The van der Waals surface area contributed by atoms with Gasteiger partial charge in [-0.05, 0) is 46.8 Å². The van der Waals surface area contributed by atoms with Gasteiger partial charge in [-0.15, -0.1) is 5.10 Å². The van der Waals surface area contributed by atoms with Gasteiger partial charge in [0.05, 0.1) is 5.69 Å². The van der Waals surface area contributed by atoms with Gasteiger partial charge in [-0.2, -0.15) is 0 Å². The maximum Gasteiger partial charge on any atom is 0.0845 e. The number of rotatable bonds is 5. The Balaban J connectivity index is 2.17. The molecule has 1 aromatic carbocycles. The zero-order valence-corrected chi connectivity index (χ0v) is 12.8. The molecule has 1 aromatic heterocycles. The van der Waals surface area contributed by atoms with Crippen LogP contribution in [0.25, 0.3) is 0 Å². The quantitative estimate of drug-likeness (QED) is 0.837. The fourth-order valence-electron chi connectivity index (χ4n) is 1.98. The molecule has 1 N–H and O–H groups in total. The summed E-state index contributed by atoms with van der Waals surface area (Å²) in [5.41, 5.74) is 2.32. The van der Waals surface area contributed by atoms with Crippen LogP contribution in [0.5, 0.6) is 0 Å². The second-order valence-corrected chi connectivity index (χ2v) is 5.50. The molecule has 5 heteroatoms. The van der Waals surface area contributed by atoms with Gasteiger partial charge in [-0.25, -0.2) is 0 Å². The summed E-state index contributed by atoms with van der Waals surface area (Å²) in [5.74, 6) is 0. The van der Waals surface area contributed by atoms with Crippen LogP contribution in [-0.2, 0) is 13.5 Å². The third kappa shape index (κ3) is 3.52. The van der Waals surface area contributed by atoms with Gasteiger partial charge in [0.15, 0.2) is 0 Å². The molecule has 1 atom stereocenters. The average molecular weight is 356 g/mol. The number of aryl methyl sites for hydroxylation is 1. The van der Waals surface area contributed by atoms with Gasteiger partial charge in [0, 0.05) is 29.3 Å². The fourth-order valence-corrected chi connectivity index (χ4v) is 2.54. The van der Waals surface area contributed by atoms with Gasteiger partial charge in [0.1, 0.15) is 0 Å². The number of benzene rings is 1. The van der Waals surface area contributed by atoms with Gasteiger partial charge in [0.2, 0.25) is 0 Å². The van der Waals surface area contributed by atoms with E-state index in [1.165, 1.54) is 9.13 Å². The van der Waals surface area contributed by atoms with Crippen molar-refractivity contribution in [3.63, 3.8) is 0 Å². The molecule has 4 nitrogen and oxygen atoms in total. The maximum absolute atomic E-state index is 4.16. The summed E-state index contributed by atoms with van der Waals surface area (Å²) < 4.78 is 3.00. The van der Waals surface area contributed by atoms with E-state index >= 15 is 0 Å². The molecule has 0 aliphatic heterocycles. The van der Waals surface area contributed by atoms with Gasteiger partial charge in [-0.1, -0.05) is 24.3 Å². The Kier molecular flexibility index (Phi) is 4.71.